The van der Waals surface area contributed by atoms with E-state index in [9.17, 15) is 5.11 Å². The number of rotatable bonds is 2. The van der Waals surface area contributed by atoms with Crippen LogP contribution < -0.4 is 23.7 Å². The number of methoxy groups -OCH3 is 2. The predicted molar refractivity (Wildman–Crippen MR) is 166 cm³/mol. The van der Waals surface area contributed by atoms with Crippen molar-refractivity contribution in [3.63, 3.8) is 0 Å². The summed E-state index contributed by atoms with van der Waals surface area (Å²) >= 11 is 0. The first-order chi connectivity index (χ1) is 21.4. The average Bonchev–Trinajstić information content (AvgIpc) is 3.03. The second-order valence-corrected chi connectivity index (χ2v) is 12.3. The van der Waals surface area contributed by atoms with Crippen LogP contribution in [0.3, 0.4) is 0 Å². The summed E-state index contributed by atoms with van der Waals surface area (Å²) in [6.07, 6.45) is 3.19. The first kappa shape index (κ1) is 27.2. The number of hydrogen-bond donors (Lipinski definition) is 1. The standard InChI is InChI=1S/C36H36N2O6/c1-37-13-11-22-18-29(40-3)33-35-31(22)25(37)15-20-5-8-24(9-6-20)42-28-17-21(7-10-27(28)39)16-26-32-23(12-14-38(26)2)19-30(41-4)34(43-35)36(32)44-33/h5-10,17-19,25-26,39H,11-16H2,1-4H3/t25-,26-/m0/s1. The van der Waals surface area contributed by atoms with Crippen LogP contribution in [0.1, 0.15) is 45.5 Å². The van der Waals surface area contributed by atoms with Crippen molar-refractivity contribution in [3.8, 4) is 51.7 Å². The van der Waals surface area contributed by atoms with Gasteiger partial charge in [0.05, 0.1) is 14.2 Å². The third kappa shape index (κ3) is 4.27. The molecule has 0 saturated carbocycles. The summed E-state index contributed by atoms with van der Waals surface area (Å²) in [6, 6.07) is 18.0. The van der Waals surface area contributed by atoms with Gasteiger partial charge in [0.15, 0.2) is 34.5 Å². The van der Waals surface area contributed by atoms with Gasteiger partial charge in [-0.25, -0.2) is 0 Å². The molecule has 6 aliphatic rings. The Kier molecular flexibility index (Phi) is 6.39. The van der Waals surface area contributed by atoms with Crippen LogP contribution in [0.25, 0.3) is 0 Å². The Balaban J connectivity index is 1.39. The van der Waals surface area contributed by atoms with Gasteiger partial charge in [-0.15, -0.1) is 0 Å². The highest BCUT2D eigenvalue weighted by molar-refractivity contribution is 5.71. The van der Waals surface area contributed by atoms with Crippen LogP contribution in [0.15, 0.2) is 54.6 Å². The van der Waals surface area contributed by atoms with Gasteiger partial charge < -0.3 is 28.8 Å². The van der Waals surface area contributed by atoms with Crippen molar-refractivity contribution in [2.24, 2.45) is 0 Å². The molecule has 0 aliphatic carbocycles. The van der Waals surface area contributed by atoms with Crippen molar-refractivity contribution >= 4 is 0 Å². The monoisotopic (exact) mass is 592 g/mol. The molecule has 0 amide bonds. The van der Waals surface area contributed by atoms with Crippen molar-refractivity contribution in [1.29, 1.82) is 0 Å². The van der Waals surface area contributed by atoms with Crippen LogP contribution in [0, 0.1) is 0 Å². The molecule has 0 radical (unpaired) electrons. The lowest BCUT2D eigenvalue weighted by Gasteiger charge is -2.40. The van der Waals surface area contributed by atoms with E-state index < -0.39 is 0 Å². The van der Waals surface area contributed by atoms with E-state index in [4.69, 9.17) is 23.7 Å². The third-order valence-corrected chi connectivity index (χ3v) is 9.73. The lowest BCUT2D eigenvalue weighted by Crippen LogP contribution is -2.35. The van der Waals surface area contributed by atoms with Gasteiger partial charge in [0, 0.05) is 36.3 Å². The Morgan fingerprint density at radius 2 is 1.18 bits per heavy atom. The maximum absolute atomic E-state index is 10.7. The van der Waals surface area contributed by atoms with Gasteiger partial charge in [0.2, 0.25) is 11.5 Å². The van der Waals surface area contributed by atoms with Crippen LogP contribution in [0.2, 0.25) is 0 Å². The number of nitrogens with zero attached hydrogens (tertiary/aromatic N) is 2. The molecule has 44 heavy (non-hydrogen) atoms. The molecule has 0 spiro atoms. The summed E-state index contributed by atoms with van der Waals surface area (Å²) in [5.74, 6) is 5.15. The molecule has 0 aromatic heterocycles. The van der Waals surface area contributed by atoms with E-state index in [0.29, 0.717) is 52.4 Å². The van der Waals surface area contributed by atoms with E-state index in [2.05, 4.69) is 48.2 Å². The minimum absolute atomic E-state index is 0.0124. The molecule has 4 aromatic rings. The van der Waals surface area contributed by atoms with Gasteiger partial charge in [-0.2, -0.15) is 0 Å². The average molecular weight is 593 g/mol. The molecule has 6 aliphatic heterocycles. The minimum atomic E-state index is -0.0124. The van der Waals surface area contributed by atoms with Gasteiger partial charge in [-0.1, -0.05) is 18.2 Å². The van der Waals surface area contributed by atoms with Gasteiger partial charge >= 0.3 is 0 Å². The number of likely N-dealkylation sites (N-methyl/N-ethyl adjacent to an activating group) is 2. The molecule has 1 N–H and O–H groups in total. The van der Waals surface area contributed by atoms with Crippen molar-refractivity contribution in [1.82, 2.24) is 9.80 Å². The Labute approximate surface area is 257 Å². The summed E-state index contributed by atoms with van der Waals surface area (Å²) < 4.78 is 32.1. The van der Waals surface area contributed by atoms with Crippen LogP contribution >= 0.6 is 0 Å². The molecule has 6 heterocycles. The van der Waals surface area contributed by atoms with E-state index in [1.54, 1.807) is 20.3 Å². The second kappa shape index (κ2) is 10.4. The smallest absolute Gasteiger partial charge is 0.212 e. The fourth-order valence-corrected chi connectivity index (χ4v) is 7.31. The molecule has 2 atom stereocenters. The fourth-order valence-electron chi connectivity index (χ4n) is 7.31. The van der Waals surface area contributed by atoms with E-state index in [0.717, 1.165) is 49.0 Å². The summed E-state index contributed by atoms with van der Waals surface area (Å²) in [7, 11) is 7.68. The van der Waals surface area contributed by atoms with Gasteiger partial charge in [-0.05, 0) is 98.4 Å². The Bertz CT molecular complexity index is 1790. The van der Waals surface area contributed by atoms with E-state index in [1.807, 2.05) is 24.3 Å². The zero-order valence-electron chi connectivity index (χ0n) is 25.5. The van der Waals surface area contributed by atoms with Crippen LogP contribution in [0.5, 0.6) is 51.7 Å². The van der Waals surface area contributed by atoms with Crippen molar-refractivity contribution in [2.45, 2.75) is 37.8 Å². The Morgan fingerprint density at radius 3 is 1.73 bits per heavy atom. The molecule has 4 aromatic carbocycles. The number of fused-ring (bicyclic) bond motifs is 1. The first-order valence-corrected chi connectivity index (χ1v) is 15.2. The van der Waals surface area contributed by atoms with Crippen LogP contribution in [-0.2, 0) is 25.7 Å². The molecule has 10 rings (SSSR count). The van der Waals surface area contributed by atoms with E-state index in [-0.39, 0.29) is 17.8 Å². The zero-order chi connectivity index (χ0) is 30.1. The Morgan fingerprint density at radius 1 is 0.659 bits per heavy atom. The molecular formula is C36H36N2O6. The Hall–Kier alpha value is -4.40. The fraction of sp³-hybridized carbons (Fsp3) is 0.333. The van der Waals surface area contributed by atoms with E-state index >= 15 is 0 Å². The molecular weight excluding hydrogens is 556 g/mol. The predicted octanol–water partition coefficient (Wildman–Crippen LogP) is 6.96. The summed E-state index contributed by atoms with van der Waals surface area (Å²) in [4.78, 5) is 4.74. The quantitative estimate of drug-likeness (QED) is 0.236. The number of hydrogen-bond acceptors (Lipinski definition) is 8. The molecule has 0 fully saturated rings. The molecule has 8 heteroatoms. The topological polar surface area (TPSA) is 72.9 Å². The number of ether oxygens (including phenoxy) is 5. The van der Waals surface area contributed by atoms with E-state index in [1.165, 1.54) is 16.7 Å². The van der Waals surface area contributed by atoms with Gasteiger partial charge in [-0.3, -0.25) is 9.80 Å². The molecule has 0 unspecified atom stereocenters. The highest BCUT2D eigenvalue weighted by atomic mass is 16.6. The number of aromatic hydroxyl groups is 1. The SMILES string of the molecule is COc1cc2c3c4c1Oc1c(c(OC)cc5c1[C@H](Cc1ccc(O)c(c1)Oc1ccc(cc1)C[C@@H]3N(C)CC2)N(C)CC5)O4. The van der Waals surface area contributed by atoms with Crippen molar-refractivity contribution in [2.75, 3.05) is 41.4 Å². The minimum Gasteiger partial charge on any atom is -0.504 e. The maximum Gasteiger partial charge on any atom is 0.212 e. The molecule has 8 nitrogen and oxygen atoms in total. The second-order valence-electron chi connectivity index (χ2n) is 12.3. The summed E-state index contributed by atoms with van der Waals surface area (Å²) in [5, 5.41) is 10.7. The normalized spacial score (nSPS) is 20.2. The maximum atomic E-state index is 10.7. The van der Waals surface area contributed by atoms with Crippen LogP contribution in [-0.4, -0.2) is 56.3 Å². The number of phenols is 1. The molecule has 0 saturated heterocycles. The molecule has 10 bridgehead atoms. The summed E-state index contributed by atoms with van der Waals surface area (Å²) in [5.41, 5.74) is 6.79. The third-order valence-electron chi connectivity index (χ3n) is 9.73. The highest BCUT2D eigenvalue weighted by Gasteiger charge is 2.40. The number of phenolic OH excluding ortho intramolecular Hbond substituents is 1. The number of benzene rings is 4. The zero-order valence-corrected chi connectivity index (χ0v) is 25.5. The lowest BCUT2D eigenvalue weighted by molar-refractivity contribution is 0.211. The largest absolute Gasteiger partial charge is 0.504 e. The van der Waals surface area contributed by atoms with Crippen LogP contribution in [0.4, 0.5) is 0 Å². The lowest BCUT2D eigenvalue weighted by atomic mass is 9.86. The first-order valence-electron chi connectivity index (χ1n) is 15.2. The molecule has 226 valence electrons. The van der Waals surface area contributed by atoms with Crippen molar-refractivity contribution in [3.05, 3.63) is 88.0 Å². The highest BCUT2D eigenvalue weighted by Crippen LogP contribution is 2.60. The summed E-state index contributed by atoms with van der Waals surface area (Å²) in [6.45, 7) is 1.80. The van der Waals surface area contributed by atoms with Crippen molar-refractivity contribution < 1.29 is 28.8 Å². The van der Waals surface area contributed by atoms with Gasteiger partial charge in [0.1, 0.15) is 5.75 Å². The van der Waals surface area contributed by atoms with Gasteiger partial charge in [0.25, 0.3) is 0 Å².